The van der Waals surface area contributed by atoms with Crippen LogP contribution in [-0.2, 0) is 0 Å². The van der Waals surface area contributed by atoms with Crippen molar-refractivity contribution in [2.45, 2.75) is 116 Å². The van der Waals surface area contributed by atoms with Crippen LogP contribution in [0.2, 0.25) is 0 Å². The molecule has 0 aromatic heterocycles. The van der Waals surface area contributed by atoms with Crippen LogP contribution in [0.3, 0.4) is 0 Å². The highest BCUT2D eigenvalue weighted by Crippen LogP contribution is 2.13. The van der Waals surface area contributed by atoms with Gasteiger partial charge in [0, 0.05) is 6.54 Å². The first-order chi connectivity index (χ1) is 10.9. The Balaban J connectivity index is 2.92. The van der Waals surface area contributed by atoms with Gasteiger partial charge in [0.2, 0.25) is 0 Å². The molecule has 0 aliphatic carbocycles. The first-order valence-corrected chi connectivity index (χ1v) is 10.6. The van der Waals surface area contributed by atoms with Crippen LogP contribution >= 0.6 is 12.2 Å². The van der Waals surface area contributed by atoms with Crippen molar-refractivity contribution in [2.75, 3.05) is 6.54 Å². The molecule has 0 atom stereocenters. The monoisotopic (exact) mass is 327 g/mol. The number of thiocarbonyl (C=S) groups is 1. The fourth-order valence-electron chi connectivity index (χ4n) is 3.01. The third-order valence-corrected chi connectivity index (χ3v) is 4.67. The Labute approximate surface area is 146 Å². The van der Waals surface area contributed by atoms with Crippen LogP contribution in [0.15, 0.2) is 0 Å². The summed E-state index contributed by atoms with van der Waals surface area (Å²) >= 11 is 4.73. The summed E-state index contributed by atoms with van der Waals surface area (Å²) in [4.78, 5) is 0. The lowest BCUT2D eigenvalue weighted by molar-refractivity contribution is 0.527. The van der Waals surface area contributed by atoms with E-state index in [0.29, 0.717) is 0 Å². The molecule has 22 heavy (non-hydrogen) atoms. The predicted octanol–water partition coefficient (Wildman–Crippen LogP) is 7.18. The fraction of sp³-hybridized carbons (Fsp3) is 0.950. The summed E-state index contributed by atoms with van der Waals surface area (Å²) in [6, 6.07) is 0. The Kier molecular flexibility index (Phi) is 20.8. The van der Waals surface area contributed by atoms with Crippen LogP contribution in [0, 0.1) is 0 Å². The van der Waals surface area contributed by atoms with Gasteiger partial charge >= 0.3 is 0 Å². The van der Waals surface area contributed by atoms with Crippen LogP contribution in [0.25, 0.3) is 0 Å². The molecule has 0 fully saturated rings. The van der Waals surface area contributed by atoms with E-state index in [1.54, 1.807) is 5.49 Å². The Morgan fingerprint density at radius 2 is 0.864 bits per heavy atom. The van der Waals surface area contributed by atoms with E-state index in [4.69, 9.17) is 12.2 Å². The van der Waals surface area contributed by atoms with Gasteiger partial charge in [0.25, 0.3) is 0 Å². The SMILES string of the molecule is CCCCCCCCCCCCCCCCCCCNC=S. The summed E-state index contributed by atoms with van der Waals surface area (Å²) in [5, 5.41) is 3.09. The average Bonchev–Trinajstić information content (AvgIpc) is 2.54. The summed E-state index contributed by atoms with van der Waals surface area (Å²) in [5.74, 6) is 0. The van der Waals surface area contributed by atoms with Gasteiger partial charge in [0.05, 0.1) is 5.49 Å². The zero-order chi connectivity index (χ0) is 16.1. The number of rotatable bonds is 19. The Bertz CT molecular complexity index is 206. The van der Waals surface area contributed by atoms with Gasteiger partial charge in [-0.25, -0.2) is 0 Å². The van der Waals surface area contributed by atoms with Crippen molar-refractivity contribution >= 4 is 17.7 Å². The number of unbranched alkanes of at least 4 members (excludes halogenated alkanes) is 16. The van der Waals surface area contributed by atoms with Gasteiger partial charge in [-0.3, -0.25) is 0 Å². The summed E-state index contributed by atoms with van der Waals surface area (Å²) in [5.41, 5.74) is 1.63. The van der Waals surface area contributed by atoms with Crippen molar-refractivity contribution in [3.8, 4) is 0 Å². The average molecular weight is 328 g/mol. The summed E-state index contributed by atoms with van der Waals surface area (Å²) in [7, 11) is 0. The highest BCUT2D eigenvalue weighted by atomic mass is 32.1. The molecule has 0 spiro atoms. The summed E-state index contributed by atoms with van der Waals surface area (Å²) in [6.45, 7) is 3.35. The van der Waals surface area contributed by atoms with Crippen LogP contribution < -0.4 is 5.32 Å². The minimum atomic E-state index is 1.06. The van der Waals surface area contributed by atoms with Gasteiger partial charge in [-0.2, -0.15) is 0 Å². The number of nitrogens with one attached hydrogen (secondary N) is 1. The van der Waals surface area contributed by atoms with E-state index >= 15 is 0 Å². The normalized spacial score (nSPS) is 10.8. The topological polar surface area (TPSA) is 12.0 Å². The molecule has 0 aromatic rings. The molecule has 0 amide bonds. The smallest absolute Gasteiger partial charge is 0.0614 e. The highest BCUT2D eigenvalue weighted by molar-refractivity contribution is 7.78. The van der Waals surface area contributed by atoms with Crippen molar-refractivity contribution in [2.24, 2.45) is 0 Å². The molecule has 0 aromatic carbocycles. The molecule has 0 saturated carbocycles. The minimum absolute atomic E-state index is 1.06. The van der Waals surface area contributed by atoms with Crippen molar-refractivity contribution in [1.29, 1.82) is 0 Å². The standard InChI is InChI=1S/C20H41NS/c1-2-3-4-5-6-7-8-9-10-11-12-13-14-15-16-17-18-19-21-20-22/h20H,2-19H2,1H3,(H,21,22). The second-order valence-corrected chi connectivity index (χ2v) is 6.96. The van der Waals surface area contributed by atoms with Crippen molar-refractivity contribution in [3.63, 3.8) is 0 Å². The Morgan fingerprint density at radius 1 is 0.545 bits per heavy atom. The van der Waals surface area contributed by atoms with Gasteiger partial charge in [-0.15, -0.1) is 0 Å². The molecule has 1 N–H and O–H groups in total. The molecule has 0 bridgehead atoms. The molecule has 0 rings (SSSR count). The predicted molar refractivity (Wildman–Crippen MR) is 106 cm³/mol. The van der Waals surface area contributed by atoms with E-state index in [9.17, 15) is 0 Å². The quantitative estimate of drug-likeness (QED) is 0.199. The second-order valence-electron chi connectivity index (χ2n) is 6.73. The van der Waals surface area contributed by atoms with E-state index in [1.807, 2.05) is 0 Å². The van der Waals surface area contributed by atoms with Crippen molar-refractivity contribution in [1.82, 2.24) is 5.32 Å². The first-order valence-electron chi connectivity index (χ1n) is 10.1. The van der Waals surface area contributed by atoms with Crippen molar-refractivity contribution in [3.05, 3.63) is 0 Å². The zero-order valence-corrected chi connectivity index (χ0v) is 16.0. The summed E-state index contributed by atoms with van der Waals surface area (Å²) < 4.78 is 0. The third-order valence-electron chi connectivity index (χ3n) is 4.51. The maximum Gasteiger partial charge on any atom is 0.0614 e. The van der Waals surface area contributed by atoms with E-state index in [2.05, 4.69) is 12.2 Å². The van der Waals surface area contributed by atoms with Gasteiger partial charge in [-0.1, -0.05) is 122 Å². The zero-order valence-electron chi connectivity index (χ0n) is 15.2. The van der Waals surface area contributed by atoms with Crippen LogP contribution in [0.4, 0.5) is 0 Å². The third kappa shape index (κ3) is 19.9. The fourth-order valence-corrected chi connectivity index (χ4v) is 3.13. The molecule has 0 aliphatic rings. The molecule has 0 radical (unpaired) electrons. The van der Waals surface area contributed by atoms with Gasteiger partial charge < -0.3 is 5.32 Å². The van der Waals surface area contributed by atoms with Crippen LogP contribution in [0.5, 0.6) is 0 Å². The minimum Gasteiger partial charge on any atom is -0.382 e. The molecular formula is C20H41NS. The van der Waals surface area contributed by atoms with E-state index in [-0.39, 0.29) is 0 Å². The maximum atomic E-state index is 4.73. The number of hydrogen-bond donors (Lipinski definition) is 1. The first kappa shape index (κ1) is 21.9. The lowest BCUT2D eigenvalue weighted by atomic mass is 10.0. The molecule has 0 unspecified atom stereocenters. The maximum absolute atomic E-state index is 4.73. The largest absolute Gasteiger partial charge is 0.382 e. The number of hydrogen-bond acceptors (Lipinski definition) is 1. The van der Waals surface area contributed by atoms with Gasteiger partial charge in [-0.05, 0) is 6.42 Å². The summed E-state index contributed by atoms with van der Waals surface area (Å²) in [6.07, 6.45) is 24.4. The van der Waals surface area contributed by atoms with E-state index in [0.717, 1.165) is 6.54 Å². The molecule has 0 saturated heterocycles. The Hall–Kier alpha value is -0.110. The molecule has 2 heteroatoms. The van der Waals surface area contributed by atoms with Gasteiger partial charge in [0.1, 0.15) is 0 Å². The van der Waals surface area contributed by atoms with Crippen LogP contribution in [-0.4, -0.2) is 12.0 Å². The highest BCUT2D eigenvalue weighted by Gasteiger charge is 1.94. The Morgan fingerprint density at radius 3 is 1.18 bits per heavy atom. The second kappa shape index (κ2) is 20.9. The van der Waals surface area contributed by atoms with Crippen molar-refractivity contribution < 1.29 is 0 Å². The molecular weight excluding hydrogens is 286 g/mol. The molecule has 132 valence electrons. The molecule has 0 aliphatic heterocycles. The molecule has 0 heterocycles. The van der Waals surface area contributed by atoms with Gasteiger partial charge in [0.15, 0.2) is 0 Å². The van der Waals surface area contributed by atoms with E-state index in [1.165, 1.54) is 109 Å². The lowest BCUT2D eigenvalue weighted by Crippen LogP contribution is -2.10. The molecule has 1 nitrogen and oxygen atoms in total. The lowest BCUT2D eigenvalue weighted by Gasteiger charge is -2.03. The van der Waals surface area contributed by atoms with Crippen LogP contribution in [0.1, 0.15) is 116 Å². The van der Waals surface area contributed by atoms with E-state index < -0.39 is 0 Å².